The maximum absolute atomic E-state index is 11.5. The highest BCUT2D eigenvalue weighted by molar-refractivity contribution is 5.83. The minimum atomic E-state index is -0.557. The van der Waals surface area contributed by atoms with Crippen molar-refractivity contribution in [2.24, 2.45) is 5.73 Å². The van der Waals surface area contributed by atoms with Crippen molar-refractivity contribution in [2.45, 2.75) is 110 Å². The first-order chi connectivity index (χ1) is 12.6. The van der Waals surface area contributed by atoms with Crippen LogP contribution in [-0.4, -0.2) is 17.8 Å². The van der Waals surface area contributed by atoms with Crippen LogP contribution in [-0.2, 0) is 19.2 Å². The number of amides is 2. The van der Waals surface area contributed by atoms with Gasteiger partial charge in [0.2, 0.25) is 5.91 Å². The zero-order valence-corrected chi connectivity index (χ0v) is 16.5. The predicted molar refractivity (Wildman–Crippen MR) is 103 cm³/mol. The molecule has 6 nitrogen and oxygen atoms in total. The van der Waals surface area contributed by atoms with Gasteiger partial charge in [0.1, 0.15) is 0 Å². The van der Waals surface area contributed by atoms with Gasteiger partial charge in [-0.1, -0.05) is 84.0 Å². The van der Waals surface area contributed by atoms with E-state index < -0.39 is 17.8 Å². The second-order valence-electron chi connectivity index (χ2n) is 6.96. The van der Waals surface area contributed by atoms with Gasteiger partial charge in [-0.25, -0.2) is 4.79 Å². The normalized spacial score (nSPS) is 10.5. The van der Waals surface area contributed by atoms with E-state index in [9.17, 15) is 14.4 Å². The van der Waals surface area contributed by atoms with Crippen molar-refractivity contribution in [2.75, 3.05) is 0 Å². The highest BCUT2D eigenvalue weighted by atomic mass is 16.7. The number of primary amides is 1. The summed E-state index contributed by atoms with van der Waals surface area (Å²) >= 11 is 0. The van der Waals surface area contributed by atoms with Crippen LogP contribution in [0.15, 0.2) is 0 Å². The molecule has 0 unspecified atom stereocenters. The van der Waals surface area contributed by atoms with Crippen LogP contribution in [0.1, 0.15) is 110 Å². The summed E-state index contributed by atoms with van der Waals surface area (Å²) in [6.07, 6.45) is 16.4. The molecule has 3 N–H and O–H groups in total. The van der Waals surface area contributed by atoms with Gasteiger partial charge >= 0.3 is 5.97 Å². The third-order valence-corrected chi connectivity index (χ3v) is 4.36. The molecule has 0 aromatic carbocycles. The molecule has 0 fully saturated rings. The highest BCUT2D eigenvalue weighted by Crippen LogP contribution is 2.13. The summed E-state index contributed by atoms with van der Waals surface area (Å²) in [6.45, 7) is 2.25. The van der Waals surface area contributed by atoms with E-state index in [0.29, 0.717) is 6.42 Å². The Morgan fingerprint density at radius 2 is 1.15 bits per heavy atom. The molecule has 0 aliphatic carbocycles. The molecule has 6 heteroatoms. The van der Waals surface area contributed by atoms with Crippen LogP contribution in [0.3, 0.4) is 0 Å². The van der Waals surface area contributed by atoms with Crippen LogP contribution >= 0.6 is 0 Å². The summed E-state index contributed by atoms with van der Waals surface area (Å²) in [7, 11) is 0. The number of hydrogen-bond acceptors (Lipinski definition) is 4. The predicted octanol–water partition coefficient (Wildman–Crippen LogP) is 4.31. The first kappa shape index (κ1) is 24.4. The van der Waals surface area contributed by atoms with Gasteiger partial charge in [-0.15, -0.1) is 0 Å². The van der Waals surface area contributed by atoms with Crippen molar-refractivity contribution in [3.8, 4) is 0 Å². The Hall–Kier alpha value is -1.59. The van der Waals surface area contributed by atoms with Crippen molar-refractivity contribution >= 4 is 17.8 Å². The molecule has 0 aromatic heterocycles. The Morgan fingerprint density at radius 3 is 1.62 bits per heavy atom. The number of hydroxylamine groups is 1. The molecule has 0 rings (SSSR count). The molecule has 0 bridgehead atoms. The van der Waals surface area contributed by atoms with Gasteiger partial charge in [0, 0.05) is 19.3 Å². The van der Waals surface area contributed by atoms with Gasteiger partial charge in [-0.05, 0) is 6.42 Å². The number of carbonyl (C=O) groups is 3. The Labute approximate surface area is 158 Å². The van der Waals surface area contributed by atoms with Crippen molar-refractivity contribution < 1.29 is 19.2 Å². The molecule has 26 heavy (non-hydrogen) atoms. The molecule has 0 heterocycles. The molecule has 0 aliphatic rings. The molecule has 0 atom stereocenters. The summed E-state index contributed by atoms with van der Waals surface area (Å²) in [6, 6.07) is 0. The second-order valence-corrected chi connectivity index (χ2v) is 6.96. The minimum Gasteiger partial charge on any atom is -0.370 e. The Kier molecular flexibility index (Phi) is 17.1. The molecule has 0 saturated heterocycles. The molecular formula is C20H38N2O4. The Morgan fingerprint density at radius 1 is 0.692 bits per heavy atom. The molecule has 0 radical (unpaired) electrons. The smallest absolute Gasteiger partial charge is 0.332 e. The summed E-state index contributed by atoms with van der Waals surface area (Å²) in [4.78, 5) is 37.9. The van der Waals surface area contributed by atoms with Crippen LogP contribution in [0.2, 0.25) is 0 Å². The van der Waals surface area contributed by atoms with E-state index in [0.717, 1.165) is 19.3 Å². The quantitative estimate of drug-likeness (QED) is 0.294. The zero-order chi connectivity index (χ0) is 19.5. The first-order valence-corrected chi connectivity index (χ1v) is 10.3. The van der Waals surface area contributed by atoms with E-state index in [2.05, 4.69) is 11.8 Å². The first-order valence-electron chi connectivity index (χ1n) is 10.3. The lowest BCUT2D eigenvalue weighted by Gasteiger charge is -2.05. The SMILES string of the molecule is CCCCCCCCCCCCCCCC(=O)ONC(=O)CCC(N)=O. The summed E-state index contributed by atoms with van der Waals surface area (Å²) in [5.74, 6) is -1.51. The fraction of sp³-hybridized carbons (Fsp3) is 0.850. The van der Waals surface area contributed by atoms with Gasteiger partial charge in [0.05, 0.1) is 0 Å². The van der Waals surface area contributed by atoms with Crippen LogP contribution in [0.5, 0.6) is 0 Å². The highest BCUT2D eigenvalue weighted by Gasteiger charge is 2.08. The number of nitrogens with two attached hydrogens (primary N) is 1. The fourth-order valence-corrected chi connectivity index (χ4v) is 2.74. The molecule has 0 spiro atoms. The summed E-state index contributed by atoms with van der Waals surface area (Å²) in [5.41, 5.74) is 6.97. The number of unbranched alkanes of at least 4 members (excludes halogenated alkanes) is 12. The van der Waals surface area contributed by atoms with Gasteiger partial charge < -0.3 is 10.6 Å². The van der Waals surface area contributed by atoms with Crippen LogP contribution < -0.4 is 11.2 Å². The molecule has 152 valence electrons. The zero-order valence-electron chi connectivity index (χ0n) is 16.5. The summed E-state index contributed by atoms with van der Waals surface area (Å²) < 4.78 is 0. The standard InChI is InChI=1S/C20H38N2O4/c1-2-3-4-5-6-7-8-9-10-11-12-13-14-15-20(25)26-22-19(24)17-16-18(21)23/h2-17H2,1H3,(H2,21,23)(H,22,24). The average Bonchev–Trinajstić information content (AvgIpc) is 2.62. The van der Waals surface area contributed by atoms with E-state index >= 15 is 0 Å². The van der Waals surface area contributed by atoms with E-state index in [1.807, 2.05) is 5.48 Å². The molecule has 0 saturated carbocycles. The maximum atomic E-state index is 11.5. The van der Waals surface area contributed by atoms with Crippen LogP contribution in [0, 0.1) is 0 Å². The van der Waals surface area contributed by atoms with Crippen molar-refractivity contribution in [3.05, 3.63) is 0 Å². The molecule has 0 aliphatic heterocycles. The van der Waals surface area contributed by atoms with Crippen LogP contribution in [0.25, 0.3) is 0 Å². The average molecular weight is 371 g/mol. The number of carbonyl (C=O) groups excluding carboxylic acids is 3. The van der Waals surface area contributed by atoms with Gasteiger partial charge in [-0.3, -0.25) is 9.59 Å². The van der Waals surface area contributed by atoms with E-state index in [1.165, 1.54) is 64.2 Å². The lowest BCUT2D eigenvalue weighted by atomic mass is 10.0. The maximum Gasteiger partial charge on any atom is 0.332 e. The number of hydrogen-bond donors (Lipinski definition) is 2. The van der Waals surface area contributed by atoms with Gasteiger partial charge in [0.25, 0.3) is 5.91 Å². The van der Waals surface area contributed by atoms with Crippen LogP contribution in [0.4, 0.5) is 0 Å². The summed E-state index contributed by atoms with van der Waals surface area (Å²) in [5, 5.41) is 0. The topological polar surface area (TPSA) is 98.5 Å². The third kappa shape index (κ3) is 18.7. The van der Waals surface area contributed by atoms with E-state index in [1.54, 1.807) is 0 Å². The lowest BCUT2D eigenvalue weighted by Crippen LogP contribution is -2.28. The fourth-order valence-electron chi connectivity index (χ4n) is 2.74. The second kappa shape index (κ2) is 18.2. The Bertz CT molecular complexity index is 386. The largest absolute Gasteiger partial charge is 0.370 e. The van der Waals surface area contributed by atoms with E-state index in [-0.39, 0.29) is 12.8 Å². The van der Waals surface area contributed by atoms with Crippen molar-refractivity contribution in [3.63, 3.8) is 0 Å². The third-order valence-electron chi connectivity index (χ3n) is 4.36. The van der Waals surface area contributed by atoms with Crippen molar-refractivity contribution in [1.29, 1.82) is 0 Å². The molecule has 0 aromatic rings. The monoisotopic (exact) mass is 370 g/mol. The molecule has 2 amide bonds. The Balaban J connectivity index is 3.28. The number of nitrogens with one attached hydrogen (secondary N) is 1. The van der Waals surface area contributed by atoms with E-state index in [4.69, 9.17) is 5.73 Å². The number of rotatable bonds is 17. The van der Waals surface area contributed by atoms with Gasteiger partial charge in [0.15, 0.2) is 0 Å². The molecular weight excluding hydrogens is 332 g/mol. The lowest BCUT2D eigenvalue weighted by molar-refractivity contribution is -0.158. The van der Waals surface area contributed by atoms with Gasteiger partial charge in [-0.2, -0.15) is 5.48 Å². The minimum absolute atomic E-state index is 0.0533. The van der Waals surface area contributed by atoms with Crippen molar-refractivity contribution in [1.82, 2.24) is 5.48 Å².